The Bertz CT molecular complexity index is 932. The third-order valence-corrected chi connectivity index (χ3v) is 5.12. The van der Waals surface area contributed by atoms with Crippen LogP contribution in [0, 0.1) is 5.41 Å². The van der Waals surface area contributed by atoms with Crippen LogP contribution >= 0.6 is 0 Å². The quantitative estimate of drug-likeness (QED) is 0.502. The molecule has 0 bridgehead atoms. The minimum absolute atomic E-state index is 0.0236. The van der Waals surface area contributed by atoms with E-state index in [2.05, 4.69) is 9.97 Å². The smallest absolute Gasteiger partial charge is 0.332 e. The molecule has 11 heteroatoms. The van der Waals surface area contributed by atoms with E-state index in [1.165, 1.54) is 10.8 Å². The van der Waals surface area contributed by atoms with Gasteiger partial charge in [-0.05, 0) is 12.8 Å². The van der Waals surface area contributed by atoms with Crippen LogP contribution in [-0.2, 0) is 16.1 Å². The number of hydrogen-bond donors (Lipinski definition) is 4. The van der Waals surface area contributed by atoms with E-state index in [1.807, 2.05) is 0 Å². The molecule has 26 heavy (non-hydrogen) atoms. The number of ether oxygens (including phenoxy) is 1. The predicted molar refractivity (Wildman–Crippen MR) is 87.1 cm³/mol. The fraction of sp³-hybridized carbons (Fsp3) is 0.600. The number of imidazole rings is 1. The number of nitrogen functional groups attached to an aromatic ring is 1. The maximum atomic E-state index is 13.0. The summed E-state index contributed by atoms with van der Waals surface area (Å²) in [6.45, 7) is -0.315. The second-order valence-corrected chi connectivity index (χ2v) is 6.90. The van der Waals surface area contributed by atoms with Gasteiger partial charge in [-0.3, -0.25) is 9.36 Å². The van der Waals surface area contributed by atoms with Gasteiger partial charge in [0.25, 0.3) is 0 Å². The van der Waals surface area contributed by atoms with Crippen molar-refractivity contribution in [1.29, 1.82) is 0 Å². The summed E-state index contributed by atoms with van der Waals surface area (Å²) in [5.74, 6) is -1.02. The Morgan fingerprint density at radius 2 is 2.19 bits per heavy atom. The standard InChI is InChI=1S/C15H19N5O6/c16-13-17-4-8-10(18-13)20(11-9(22)3-7(5-21)26-11)14(25)19(8)6-15(1-2-15)12(23)24/h4,7,9,11,21-22H,1-3,5-6H2,(H,23,24)(H2,16,17,18)/t7-,9+,11+/m0/s1. The minimum atomic E-state index is -1.04. The maximum absolute atomic E-state index is 13.0. The Morgan fingerprint density at radius 3 is 2.77 bits per heavy atom. The Hall–Kier alpha value is -2.50. The first-order valence-corrected chi connectivity index (χ1v) is 8.27. The lowest BCUT2D eigenvalue weighted by molar-refractivity contribution is -0.143. The van der Waals surface area contributed by atoms with Crippen molar-refractivity contribution in [3.8, 4) is 0 Å². The van der Waals surface area contributed by atoms with Crippen molar-refractivity contribution in [3.05, 3.63) is 16.7 Å². The van der Waals surface area contributed by atoms with E-state index in [4.69, 9.17) is 10.5 Å². The van der Waals surface area contributed by atoms with Crippen molar-refractivity contribution in [2.24, 2.45) is 5.41 Å². The van der Waals surface area contributed by atoms with Crippen LogP contribution in [0.25, 0.3) is 11.2 Å². The van der Waals surface area contributed by atoms with Gasteiger partial charge >= 0.3 is 11.7 Å². The third-order valence-electron chi connectivity index (χ3n) is 5.12. The topological polar surface area (TPSA) is 166 Å². The molecule has 2 aromatic heterocycles. The largest absolute Gasteiger partial charge is 0.481 e. The van der Waals surface area contributed by atoms with Gasteiger partial charge in [0, 0.05) is 13.0 Å². The van der Waals surface area contributed by atoms with Crippen LogP contribution in [0.3, 0.4) is 0 Å². The normalized spacial score (nSPS) is 27.1. The molecule has 140 valence electrons. The second kappa shape index (κ2) is 5.76. The number of carbonyl (C=O) groups is 1. The molecule has 1 saturated carbocycles. The number of aliphatic hydroxyl groups is 2. The number of rotatable bonds is 5. The average Bonchev–Trinajstić information content (AvgIpc) is 3.24. The van der Waals surface area contributed by atoms with Crippen LogP contribution in [0.5, 0.6) is 0 Å². The van der Waals surface area contributed by atoms with Crippen LogP contribution in [0.4, 0.5) is 5.95 Å². The zero-order valence-corrected chi connectivity index (χ0v) is 13.8. The van der Waals surface area contributed by atoms with Gasteiger partial charge in [0.1, 0.15) is 11.6 Å². The number of hydrogen-bond acceptors (Lipinski definition) is 8. The van der Waals surface area contributed by atoms with Crippen LogP contribution < -0.4 is 11.4 Å². The molecule has 2 fully saturated rings. The van der Waals surface area contributed by atoms with Crippen molar-refractivity contribution >= 4 is 23.1 Å². The Kier molecular flexibility index (Phi) is 3.75. The van der Waals surface area contributed by atoms with E-state index in [0.29, 0.717) is 18.4 Å². The highest BCUT2D eigenvalue weighted by atomic mass is 16.5. The molecule has 3 heterocycles. The highest BCUT2D eigenvalue weighted by Crippen LogP contribution is 2.47. The van der Waals surface area contributed by atoms with E-state index in [1.54, 1.807) is 0 Å². The number of aromatic nitrogens is 4. The van der Waals surface area contributed by atoms with E-state index in [-0.39, 0.29) is 31.2 Å². The van der Waals surface area contributed by atoms with E-state index in [0.717, 1.165) is 4.57 Å². The number of carboxylic acid groups (broad SMARTS) is 1. The van der Waals surface area contributed by atoms with Crippen molar-refractivity contribution in [2.75, 3.05) is 12.3 Å². The van der Waals surface area contributed by atoms with Crippen molar-refractivity contribution in [1.82, 2.24) is 19.1 Å². The van der Waals surface area contributed by atoms with Crippen LogP contribution in [0.15, 0.2) is 11.0 Å². The molecule has 5 N–H and O–H groups in total. The molecule has 4 rings (SSSR count). The van der Waals surface area contributed by atoms with Gasteiger partial charge < -0.3 is 25.8 Å². The number of nitrogens with two attached hydrogens (primary N) is 1. The molecule has 0 amide bonds. The zero-order chi connectivity index (χ0) is 18.6. The van der Waals surface area contributed by atoms with E-state index >= 15 is 0 Å². The first kappa shape index (κ1) is 16.9. The second-order valence-electron chi connectivity index (χ2n) is 6.90. The van der Waals surface area contributed by atoms with E-state index in [9.17, 15) is 24.9 Å². The summed E-state index contributed by atoms with van der Waals surface area (Å²) in [4.78, 5) is 32.5. The molecule has 1 saturated heterocycles. The molecule has 11 nitrogen and oxygen atoms in total. The summed E-state index contributed by atoms with van der Waals surface area (Å²) >= 11 is 0. The van der Waals surface area contributed by atoms with Crippen molar-refractivity contribution < 1.29 is 24.9 Å². The predicted octanol–water partition coefficient (Wildman–Crippen LogP) is -1.32. The molecular weight excluding hydrogens is 346 g/mol. The molecule has 1 aliphatic carbocycles. The average molecular weight is 365 g/mol. The third kappa shape index (κ3) is 2.47. The van der Waals surface area contributed by atoms with Gasteiger partial charge in [-0.2, -0.15) is 4.98 Å². The molecule has 0 radical (unpaired) electrons. The van der Waals surface area contributed by atoms with Gasteiger partial charge in [0.15, 0.2) is 11.9 Å². The van der Waals surface area contributed by atoms with Gasteiger partial charge in [-0.25, -0.2) is 14.3 Å². The van der Waals surface area contributed by atoms with Gasteiger partial charge in [-0.15, -0.1) is 0 Å². The molecule has 0 unspecified atom stereocenters. The SMILES string of the molecule is Nc1ncc2c(n1)n([C@@H]1O[C@H](CO)C[C@H]1O)c(=O)n2CC1(C(=O)O)CC1. The molecule has 2 aromatic rings. The first-order chi connectivity index (χ1) is 12.4. The van der Waals surface area contributed by atoms with E-state index < -0.39 is 35.5 Å². The highest BCUT2D eigenvalue weighted by Gasteiger charge is 2.51. The summed E-state index contributed by atoms with van der Waals surface area (Å²) < 4.78 is 8.02. The lowest BCUT2D eigenvalue weighted by atomic mass is 10.1. The lowest BCUT2D eigenvalue weighted by Gasteiger charge is -2.16. The number of carboxylic acids is 1. The van der Waals surface area contributed by atoms with Crippen LogP contribution in [0.1, 0.15) is 25.5 Å². The van der Waals surface area contributed by atoms with Crippen LogP contribution in [-0.4, -0.2) is 59.2 Å². The molecule has 0 spiro atoms. The van der Waals surface area contributed by atoms with Crippen LogP contribution in [0.2, 0.25) is 0 Å². The summed E-state index contributed by atoms with van der Waals surface area (Å²) in [7, 11) is 0. The highest BCUT2D eigenvalue weighted by molar-refractivity contribution is 5.78. The summed E-state index contributed by atoms with van der Waals surface area (Å²) in [5.41, 5.74) is 4.58. The number of fused-ring (bicyclic) bond motifs is 1. The van der Waals surface area contributed by atoms with Gasteiger partial charge in [0.05, 0.1) is 24.3 Å². The summed E-state index contributed by atoms with van der Waals surface area (Å²) in [6.07, 6.45) is -0.183. The summed E-state index contributed by atoms with van der Waals surface area (Å²) in [6, 6.07) is 0. The fourth-order valence-corrected chi connectivity index (χ4v) is 3.43. The number of aliphatic hydroxyl groups excluding tert-OH is 2. The molecule has 1 aliphatic heterocycles. The van der Waals surface area contributed by atoms with Gasteiger partial charge in [0.2, 0.25) is 5.95 Å². The summed E-state index contributed by atoms with van der Waals surface area (Å²) in [5, 5.41) is 29.0. The Balaban J connectivity index is 1.86. The molecule has 2 aliphatic rings. The Morgan fingerprint density at radius 1 is 1.46 bits per heavy atom. The first-order valence-electron chi connectivity index (χ1n) is 8.27. The Labute approximate surface area is 146 Å². The zero-order valence-electron chi connectivity index (χ0n) is 13.8. The fourth-order valence-electron chi connectivity index (χ4n) is 3.43. The van der Waals surface area contributed by atoms with Crippen molar-refractivity contribution in [2.45, 2.75) is 44.2 Å². The number of nitrogens with zero attached hydrogens (tertiary/aromatic N) is 4. The monoisotopic (exact) mass is 365 g/mol. The minimum Gasteiger partial charge on any atom is -0.481 e. The number of anilines is 1. The number of aliphatic carboxylic acids is 1. The van der Waals surface area contributed by atoms with Gasteiger partial charge in [-0.1, -0.05) is 0 Å². The molecule has 3 atom stereocenters. The molecule has 0 aromatic carbocycles. The maximum Gasteiger partial charge on any atom is 0.332 e. The van der Waals surface area contributed by atoms with Crippen molar-refractivity contribution in [3.63, 3.8) is 0 Å². The molecular formula is C15H19N5O6. The lowest BCUT2D eigenvalue weighted by Crippen LogP contribution is -2.34.